The molecule has 0 bridgehead atoms. The zero-order valence-corrected chi connectivity index (χ0v) is 13.9. The number of thioether (sulfide) groups is 1. The summed E-state index contributed by atoms with van der Waals surface area (Å²) in [5.74, 6) is 0.251. The minimum Gasteiger partial charge on any atom is -0.360 e. The molecular formula is C12H13BrN4OS2. The predicted molar refractivity (Wildman–Crippen MR) is 87.6 cm³/mol. The Morgan fingerprint density at radius 3 is 3.05 bits per heavy atom. The maximum atomic E-state index is 11.8. The number of rotatable bonds is 6. The molecule has 0 atom stereocenters. The van der Waals surface area contributed by atoms with Crippen LogP contribution >= 0.6 is 39.0 Å². The Morgan fingerprint density at radius 1 is 1.45 bits per heavy atom. The Morgan fingerprint density at radius 2 is 2.30 bits per heavy atom. The fraction of sp³-hybridized carbons (Fsp3) is 0.250. The van der Waals surface area contributed by atoms with Crippen LogP contribution in [0.3, 0.4) is 0 Å². The van der Waals surface area contributed by atoms with Crippen molar-refractivity contribution >= 4 is 55.8 Å². The van der Waals surface area contributed by atoms with Gasteiger partial charge in [-0.15, -0.1) is 10.2 Å². The van der Waals surface area contributed by atoms with Crippen molar-refractivity contribution < 1.29 is 4.79 Å². The third kappa shape index (κ3) is 4.77. The Bertz CT molecular complexity index is 590. The van der Waals surface area contributed by atoms with Crippen LogP contribution in [0.1, 0.15) is 6.92 Å². The Hall–Kier alpha value is -1.12. The zero-order valence-electron chi connectivity index (χ0n) is 10.7. The van der Waals surface area contributed by atoms with Gasteiger partial charge in [-0.05, 0) is 25.1 Å². The minimum atomic E-state index is -0.0618. The molecule has 0 fully saturated rings. The van der Waals surface area contributed by atoms with Crippen molar-refractivity contribution in [1.29, 1.82) is 0 Å². The van der Waals surface area contributed by atoms with Crippen molar-refractivity contribution in [3.8, 4) is 0 Å². The van der Waals surface area contributed by atoms with E-state index in [0.29, 0.717) is 5.75 Å². The third-order valence-corrected chi connectivity index (χ3v) is 4.68. The average molecular weight is 373 g/mol. The first kappa shape index (κ1) is 15.3. The molecule has 1 heterocycles. The van der Waals surface area contributed by atoms with Crippen molar-refractivity contribution in [1.82, 2.24) is 10.2 Å². The summed E-state index contributed by atoms with van der Waals surface area (Å²) in [5.41, 5.74) is 0.774. The topological polar surface area (TPSA) is 66.9 Å². The highest BCUT2D eigenvalue weighted by Crippen LogP contribution is 2.25. The van der Waals surface area contributed by atoms with E-state index in [4.69, 9.17) is 0 Å². The highest BCUT2D eigenvalue weighted by atomic mass is 79.9. The summed E-state index contributed by atoms with van der Waals surface area (Å²) in [6.07, 6.45) is 0. The smallest absolute Gasteiger partial charge is 0.234 e. The summed E-state index contributed by atoms with van der Waals surface area (Å²) in [6.45, 7) is 2.81. The molecule has 8 heteroatoms. The quantitative estimate of drug-likeness (QED) is 0.759. The molecule has 1 aromatic heterocycles. The van der Waals surface area contributed by atoms with Gasteiger partial charge in [0.2, 0.25) is 11.0 Å². The molecule has 1 aromatic carbocycles. The van der Waals surface area contributed by atoms with Crippen LogP contribution in [-0.4, -0.2) is 28.4 Å². The van der Waals surface area contributed by atoms with E-state index in [1.807, 2.05) is 31.2 Å². The van der Waals surface area contributed by atoms with Crippen LogP contribution in [0, 0.1) is 0 Å². The molecule has 0 aliphatic heterocycles. The van der Waals surface area contributed by atoms with Crippen molar-refractivity contribution in [3.05, 3.63) is 28.7 Å². The summed E-state index contributed by atoms with van der Waals surface area (Å²) >= 11 is 6.20. The van der Waals surface area contributed by atoms with E-state index in [1.54, 1.807) is 0 Å². The van der Waals surface area contributed by atoms with Gasteiger partial charge in [0, 0.05) is 16.7 Å². The summed E-state index contributed by atoms with van der Waals surface area (Å²) in [7, 11) is 0. The van der Waals surface area contributed by atoms with Gasteiger partial charge in [0.25, 0.3) is 0 Å². The van der Waals surface area contributed by atoms with E-state index >= 15 is 0 Å². The summed E-state index contributed by atoms with van der Waals surface area (Å²) < 4.78 is 1.72. The molecule has 20 heavy (non-hydrogen) atoms. The zero-order chi connectivity index (χ0) is 14.4. The van der Waals surface area contributed by atoms with Gasteiger partial charge in [-0.25, -0.2) is 0 Å². The SMILES string of the molecule is CCNc1nnc(SCC(=O)Nc2cccc(Br)c2)s1. The van der Waals surface area contributed by atoms with Crippen molar-refractivity contribution in [3.63, 3.8) is 0 Å². The molecule has 0 saturated carbocycles. The maximum Gasteiger partial charge on any atom is 0.234 e. The lowest BCUT2D eigenvalue weighted by Gasteiger charge is -2.04. The molecule has 2 N–H and O–H groups in total. The Kier molecular flexibility index (Phi) is 5.81. The van der Waals surface area contributed by atoms with E-state index in [0.717, 1.165) is 26.2 Å². The lowest BCUT2D eigenvalue weighted by atomic mass is 10.3. The highest BCUT2D eigenvalue weighted by molar-refractivity contribution is 9.10. The number of nitrogens with one attached hydrogen (secondary N) is 2. The van der Waals surface area contributed by atoms with E-state index in [2.05, 4.69) is 36.8 Å². The molecule has 2 rings (SSSR count). The first-order chi connectivity index (χ1) is 9.67. The lowest BCUT2D eigenvalue weighted by Crippen LogP contribution is -2.13. The van der Waals surface area contributed by atoms with Crippen LogP contribution in [0.2, 0.25) is 0 Å². The molecular weight excluding hydrogens is 360 g/mol. The van der Waals surface area contributed by atoms with Gasteiger partial charge in [-0.1, -0.05) is 45.1 Å². The van der Waals surface area contributed by atoms with Gasteiger partial charge in [-0.3, -0.25) is 4.79 Å². The average Bonchev–Trinajstić information content (AvgIpc) is 2.85. The molecule has 0 spiro atoms. The van der Waals surface area contributed by atoms with Crippen molar-refractivity contribution in [2.45, 2.75) is 11.3 Å². The number of nitrogens with zero attached hydrogens (tertiary/aromatic N) is 2. The fourth-order valence-electron chi connectivity index (χ4n) is 1.38. The number of aromatic nitrogens is 2. The van der Waals surface area contributed by atoms with Crippen LogP contribution in [-0.2, 0) is 4.79 Å². The molecule has 0 aliphatic carbocycles. The van der Waals surface area contributed by atoms with Crippen LogP contribution in [0.5, 0.6) is 0 Å². The first-order valence-electron chi connectivity index (χ1n) is 5.93. The Labute approximate surface area is 133 Å². The van der Waals surface area contributed by atoms with Crippen molar-refractivity contribution in [2.75, 3.05) is 22.9 Å². The number of halogens is 1. The summed E-state index contributed by atoms with van der Waals surface area (Å²) in [4.78, 5) is 11.8. The molecule has 106 valence electrons. The van der Waals surface area contributed by atoms with Crippen LogP contribution in [0.25, 0.3) is 0 Å². The molecule has 2 aromatic rings. The van der Waals surface area contributed by atoms with Crippen LogP contribution in [0.4, 0.5) is 10.8 Å². The van der Waals surface area contributed by atoms with E-state index in [-0.39, 0.29) is 5.91 Å². The number of anilines is 2. The summed E-state index contributed by atoms with van der Waals surface area (Å²) in [6, 6.07) is 7.49. The van der Waals surface area contributed by atoms with Crippen LogP contribution < -0.4 is 10.6 Å². The lowest BCUT2D eigenvalue weighted by molar-refractivity contribution is -0.113. The maximum absolute atomic E-state index is 11.8. The van der Waals surface area contributed by atoms with Gasteiger partial charge < -0.3 is 10.6 Å². The van der Waals surface area contributed by atoms with Crippen molar-refractivity contribution in [2.24, 2.45) is 0 Å². The van der Waals surface area contributed by atoms with Gasteiger partial charge in [0.1, 0.15) is 0 Å². The van der Waals surface area contributed by atoms with Gasteiger partial charge >= 0.3 is 0 Å². The first-order valence-corrected chi connectivity index (χ1v) is 8.52. The van der Waals surface area contributed by atoms with Gasteiger partial charge in [0.15, 0.2) is 4.34 Å². The van der Waals surface area contributed by atoms with E-state index < -0.39 is 0 Å². The minimum absolute atomic E-state index is 0.0618. The highest BCUT2D eigenvalue weighted by Gasteiger charge is 2.08. The number of hydrogen-bond donors (Lipinski definition) is 2. The monoisotopic (exact) mass is 372 g/mol. The molecule has 0 unspecified atom stereocenters. The second-order valence-corrected chi connectivity index (χ2v) is 6.87. The molecule has 0 radical (unpaired) electrons. The molecule has 0 saturated heterocycles. The summed E-state index contributed by atoms with van der Waals surface area (Å²) in [5, 5.41) is 14.7. The predicted octanol–water partition coefficient (Wildman–Crippen LogP) is 3.46. The van der Waals surface area contributed by atoms with Crippen LogP contribution in [0.15, 0.2) is 33.1 Å². The fourth-order valence-corrected chi connectivity index (χ4v) is 3.40. The third-order valence-electron chi connectivity index (χ3n) is 2.17. The second kappa shape index (κ2) is 7.61. The van der Waals surface area contributed by atoms with E-state index in [9.17, 15) is 4.79 Å². The largest absolute Gasteiger partial charge is 0.360 e. The van der Waals surface area contributed by atoms with E-state index in [1.165, 1.54) is 23.1 Å². The number of hydrogen-bond acceptors (Lipinski definition) is 6. The second-order valence-electron chi connectivity index (χ2n) is 3.75. The molecule has 1 amide bonds. The number of benzene rings is 1. The normalized spacial score (nSPS) is 10.3. The number of amides is 1. The number of carbonyl (C=O) groups is 1. The van der Waals surface area contributed by atoms with Gasteiger partial charge in [-0.2, -0.15) is 0 Å². The van der Waals surface area contributed by atoms with Gasteiger partial charge in [0.05, 0.1) is 5.75 Å². The standard InChI is InChI=1S/C12H13BrN4OS2/c1-2-14-11-16-17-12(20-11)19-7-10(18)15-9-5-3-4-8(13)6-9/h3-6H,2,7H2,1H3,(H,14,16)(H,15,18). The molecule has 0 aliphatic rings. The Balaban J connectivity index is 1.82. The molecule has 5 nitrogen and oxygen atoms in total. The number of carbonyl (C=O) groups excluding carboxylic acids is 1.